The van der Waals surface area contributed by atoms with E-state index in [1.165, 1.54) is 0 Å². The van der Waals surface area contributed by atoms with E-state index in [-0.39, 0.29) is 18.0 Å². The van der Waals surface area contributed by atoms with Gasteiger partial charge in [-0.3, -0.25) is 0 Å². The lowest BCUT2D eigenvalue weighted by Gasteiger charge is -2.32. The summed E-state index contributed by atoms with van der Waals surface area (Å²) in [6.07, 6.45) is 1.03. The predicted octanol–water partition coefficient (Wildman–Crippen LogP) is 2.90. The Morgan fingerprint density at radius 1 is 1.30 bits per heavy atom. The zero-order chi connectivity index (χ0) is 14.5. The maximum atomic E-state index is 13.8. The molecule has 2 atom stereocenters. The molecule has 0 amide bonds. The van der Waals surface area contributed by atoms with Gasteiger partial charge in [0.15, 0.2) is 0 Å². The third-order valence-electron chi connectivity index (χ3n) is 3.65. The summed E-state index contributed by atoms with van der Waals surface area (Å²) in [5.74, 6) is -0.121. The third-order valence-corrected chi connectivity index (χ3v) is 3.65. The van der Waals surface area contributed by atoms with E-state index in [1.54, 1.807) is 13.8 Å². The number of nitrogens with one attached hydrogen (secondary N) is 1. The van der Waals surface area contributed by atoms with Gasteiger partial charge in [0, 0.05) is 0 Å². The molecule has 0 aromatic heterocycles. The largest absolute Gasteiger partial charge is 0.376 e. The lowest BCUT2D eigenvalue weighted by molar-refractivity contribution is -0.102. The van der Waals surface area contributed by atoms with Gasteiger partial charge in [-0.25, -0.2) is 4.39 Å². The van der Waals surface area contributed by atoms with Crippen molar-refractivity contribution in [3.63, 3.8) is 0 Å². The Labute approximate surface area is 120 Å². The zero-order valence-corrected chi connectivity index (χ0v) is 12.5. The van der Waals surface area contributed by atoms with Crippen LogP contribution in [0.3, 0.4) is 0 Å². The van der Waals surface area contributed by atoms with E-state index >= 15 is 0 Å². The molecule has 1 N–H and O–H groups in total. The molecule has 1 saturated heterocycles. The molecule has 1 heterocycles. The average molecular weight is 281 g/mol. The maximum absolute atomic E-state index is 13.8. The summed E-state index contributed by atoms with van der Waals surface area (Å²) in [5, 5.41) is 3.50. The number of aryl methyl sites for hydroxylation is 2. The van der Waals surface area contributed by atoms with Gasteiger partial charge in [-0.2, -0.15) is 0 Å². The standard InChI is InChI=1S/C16H24FNO2/c1-4-5-18-16(14-10-19-6-7-20-14)13-8-11(2)15(17)12(3)9-13/h8-9,14,16,18H,4-7,10H2,1-3H3. The fraction of sp³-hybridized carbons (Fsp3) is 0.625. The van der Waals surface area contributed by atoms with Crippen LogP contribution in [0.2, 0.25) is 0 Å². The first-order valence-corrected chi connectivity index (χ1v) is 7.33. The van der Waals surface area contributed by atoms with E-state index in [4.69, 9.17) is 9.47 Å². The minimum Gasteiger partial charge on any atom is -0.376 e. The molecule has 1 fully saturated rings. The van der Waals surface area contributed by atoms with Gasteiger partial charge in [0.1, 0.15) is 11.9 Å². The number of rotatable bonds is 5. The topological polar surface area (TPSA) is 30.5 Å². The Morgan fingerprint density at radius 3 is 2.55 bits per heavy atom. The van der Waals surface area contributed by atoms with Crippen LogP contribution in [0.15, 0.2) is 12.1 Å². The van der Waals surface area contributed by atoms with E-state index in [0.717, 1.165) is 18.5 Å². The monoisotopic (exact) mass is 281 g/mol. The van der Waals surface area contributed by atoms with Crippen molar-refractivity contribution in [1.29, 1.82) is 0 Å². The summed E-state index contributed by atoms with van der Waals surface area (Å²) in [4.78, 5) is 0. The summed E-state index contributed by atoms with van der Waals surface area (Å²) in [6.45, 7) is 8.49. The summed E-state index contributed by atoms with van der Waals surface area (Å²) < 4.78 is 25.1. The Balaban J connectivity index is 2.25. The minimum absolute atomic E-state index is 0.0143. The molecule has 4 heteroatoms. The van der Waals surface area contributed by atoms with Crippen LogP contribution < -0.4 is 5.32 Å². The average Bonchev–Trinajstić information content (AvgIpc) is 2.46. The molecule has 2 unspecified atom stereocenters. The first-order valence-electron chi connectivity index (χ1n) is 7.33. The summed E-state index contributed by atoms with van der Waals surface area (Å²) >= 11 is 0. The molecule has 1 aliphatic heterocycles. The predicted molar refractivity (Wildman–Crippen MR) is 77.5 cm³/mol. The first-order chi connectivity index (χ1) is 9.63. The molecular formula is C16H24FNO2. The second kappa shape index (κ2) is 7.16. The molecule has 1 aliphatic rings. The molecule has 0 aliphatic carbocycles. The molecule has 0 radical (unpaired) electrons. The second-order valence-electron chi connectivity index (χ2n) is 5.38. The van der Waals surface area contributed by atoms with Crippen molar-refractivity contribution in [3.05, 3.63) is 34.6 Å². The van der Waals surface area contributed by atoms with Crippen LogP contribution >= 0.6 is 0 Å². The minimum atomic E-state index is -0.121. The SMILES string of the molecule is CCCNC(c1cc(C)c(F)c(C)c1)C1COCCO1. The van der Waals surface area contributed by atoms with Gasteiger partial charge in [0.05, 0.1) is 25.9 Å². The summed E-state index contributed by atoms with van der Waals surface area (Å²) in [5.41, 5.74) is 2.44. The fourth-order valence-corrected chi connectivity index (χ4v) is 2.62. The Kier molecular flexibility index (Phi) is 5.52. The highest BCUT2D eigenvalue weighted by Crippen LogP contribution is 2.25. The number of hydrogen-bond donors (Lipinski definition) is 1. The van der Waals surface area contributed by atoms with Crippen molar-refractivity contribution in [1.82, 2.24) is 5.32 Å². The van der Waals surface area contributed by atoms with E-state index < -0.39 is 0 Å². The molecule has 20 heavy (non-hydrogen) atoms. The van der Waals surface area contributed by atoms with Crippen LogP contribution in [0.5, 0.6) is 0 Å². The molecule has 2 rings (SSSR count). The smallest absolute Gasteiger partial charge is 0.129 e. The zero-order valence-electron chi connectivity index (χ0n) is 12.5. The van der Waals surface area contributed by atoms with Gasteiger partial charge in [-0.1, -0.05) is 19.1 Å². The number of halogens is 1. The lowest BCUT2D eigenvalue weighted by Crippen LogP contribution is -2.41. The van der Waals surface area contributed by atoms with Crippen molar-refractivity contribution < 1.29 is 13.9 Å². The molecule has 3 nitrogen and oxygen atoms in total. The Morgan fingerprint density at radius 2 is 2.00 bits per heavy atom. The Hall–Kier alpha value is -0.970. The van der Waals surface area contributed by atoms with Crippen LogP contribution in [-0.4, -0.2) is 32.5 Å². The molecule has 1 aromatic carbocycles. The van der Waals surface area contributed by atoms with Crippen LogP contribution in [0.1, 0.15) is 36.1 Å². The number of hydrogen-bond acceptors (Lipinski definition) is 3. The fourth-order valence-electron chi connectivity index (χ4n) is 2.62. The lowest BCUT2D eigenvalue weighted by atomic mass is 9.96. The summed E-state index contributed by atoms with van der Waals surface area (Å²) in [7, 11) is 0. The normalized spacial score (nSPS) is 20.9. The van der Waals surface area contributed by atoms with Gasteiger partial charge in [-0.05, 0) is 43.5 Å². The van der Waals surface area contributed by atoms with Crippen molar-refractivity contribution >= 4 is 0 Å². The molecular weight excluding hydrogens is 257 g/mol. The van der Waals surface area contributed by atoms with Crippen molar-refractivity contribution in [2.45, 2.75) is 39.3 Å². The van der Waals surface area contributed by atoms with Gasteiger partial charge >= 0.3 is 0 Å². The van der Waals surface area contributed by atoms with E-state index in [2.05, 4.69) is 12.2 Å². The van der Waals surface area contributed by atoms with Crippen molar-refractivity contribution in [2.24, 2.45) is 0 Å². The van der Waals surface area contributed by atoms with E-state index in [0.29, 0.717) is 30.9 Å². The molecule has 0 bridgehead atoms. The van der Waals surface area contributed by atoms with Crippen LogP contribution in [-0.2, 0) is 9.47 Å². The summed E-state index contributed by atoms with van der Waals surface area (Å²) in [6, 6.07) is 3.87. The van der Waals surface area contributed by atoms with Gasteiger partial charge < -0.3 is 14.8 Å². The number of benzene rings is 1. The van der Waals surface area contributed by atoms with Gasteiger partial charge in [0.2, 0.25) is 0 Å². The number of ether oxygens (including phenoxy) is 2. The quantitative estimate of drug-likeness (QED) is 0.900. The van der Waals surface area contributed by atoms with Crippen LogP contribution in [0.25, 0.3) is 0 Å². The molecule has 0 spiro atoms. The Bertz CT molecular complexity index is 421. The van der Waals surface area contributed by atoms with Crippen molar-refractivity contribution in [3.8, 4) is 0 Å². The molecule has 112 valence electrons. The van der Waals surface area contributed by atoms with E-state index in [9.17, 15) is 4.39 Å². The van der Waals surface area contributed by atoms with Gasteiger partial charge in [-0.15, -0.1) is 0 Å². The third kappa shape index (κ3) is 3.57. The molecule has 0 saturated carbocycles. The van der Waals surface area contributed by atoms with Crippen molar-refractivity contribution in [2.75, 3.05) is 26.4 Å². The highest BCUT2D eigenvalue weighted by Gasteiger charge is 2.26. The van der Waals surface area contributed by atoms with Crippen LogP contribution in [0.4, 0.5) is 4.39 Å². The van der Waals surface area contributed by atoms with Gasteiger partial charge in [0.25, 0.3) is 0 Å². The second-order valence-corrected chi connectivity index (χ2v) is 5.38. The molecule has 1 aromatic rings. The van der Waals surface area contributed by atoms with E-state index in [1.807, 2.05) is 12.1 Å². The first kappa shape index (κ1) is 15.4. The highest BCUT2D eigenvalue weighted by molar-refractivity contribution is 5.33. The maximum Gasteiger partial charge on any atom is 0.129 e. The van der Waals surface area contributed by atoms with Crippen LogP contribution in [0, 0.1) is 19.7 Å². The highest BCUT2D eigenvalue weighted by atomic mass is 19.1.